The molecule has 0 saturated carbocycles. The topological polar surface area (TPSA) is 70.8 Å². The van der Waals surface area contributed by atoms with Crippen LogP contribution in [-0.4, -0.2) is 50.9 Å². The summed E-state index contributed by atoms with van der Waals surface area (Å²) in [7, 11) is 0. The van der Waals surface area contributed by atoms with Crippen molar-refractivity contribution in [1.82, 2.24) is 19.5 Å². The van der Waals surface area contributed by atoms with Crippen LogP contribution in [0.3, 0.4) is 0 Å². The number of hydrogen-bond acceptors (Lipinski definition) is 4. The molecule has 0 bridgehead atoms. The van der Waals surface area contributed by atoms with Gasteiger partial charge in [0, 0.05) is 48.9 Å². The summed E-state index contributed by atoms with van der Waals surface area (Å²) in [5.74, 6) is 0.719. The first-order chi connectivity index (χ1) is 14.6. The van der Waals surface area contributed by atoms with Crippen LogP contribution in [-0.2, 0) is 9.59 Å². The summed E-state index contributed by atoms with van der Waals surface area (Å²) in [4.78, 5) is 29.4. The molecule has 30 heavy (non-hydrogen) atoms. The highest BCUT2D eigenvalue weighted by molar-refractivity contribution is 6.31. The summed E-state index contributed by atoms with van der Waals surface area (Å²) >= 11 is 6.07. The Bertz CT molecular complexity index is 1110. The number of aromatic nitrogens is 3. The number of pyridine rings is 1. The lowest BCUT2D eigenvalue weighted by Crippen LogP contribution is -2.43. The van der Waals surface area contributed by atoms with Crippen molar-refractivity contribution in [1.29, 1.82) is 0 Å². The van der Waals surface area contributed by atoms with Gasteiger partial charge >= 0.3 is 0 Å². The zero-order valence-corrected chi connectivity index (χ0v) is 17.2. The van der Waals surface area contributed by atoms with Gasteiger partial charge in [-0.3, -0.25) is 14.0 Å². The van der Waals surface area contributed by atoms with Crippen molar-refractivity contribution in [2.75, 3.05) is 24.5 Å². The molecule has 0 radical (unpaired) electrons. The van der Waals surface area contributed by atoms with Gasteiger partial charge in [-0.1, -0.05) is 23.7 Å². The van der Waals surface area contributed by atoms with E-state index in [1.807, 2.05) is 45.8 Å². The number of likely N-dealkylation sites (tertiary alicyclic amines) is 1. The lowest BCUT2D eigenvalue weighted by Gasteiger charge is -2.33. The van der Waals surface area contributed by atoms with Crippen LogP contribution in [0.25, 0.3) is 5.65 Å². The van der Waals surface area contributed by atoms with E-state index < -0.39 is 0 Å². The van der Waals surface area contributed by atoms with E-state index in [2.05, 4.69) is 10.2 Å². The molecule has 2 aromatic heterocycles. The molecule has 154 valence electrons. The van der Waals surface area contributed by atoms with Crippen LogP contribution >= 0.6 is 11.6 Å². The van der Waals surface area contributed by atoms with E-state index in [4.69, 9.17) is 11.6 Å². The molecule has 7 nitrogen and oxygen atoms in total. The quantitative estimate of drug-likeness (QED) is 0.648. The minimum Gasteiger partial charge on any atom is -0.342 e. The Morgan fingerprint density at radius 1 is 1.10 bits per heavy atom. The van der Waals surface area contributed by atoms with Crippen LogP contribution in [0.2, 0.25) is 5.02 Å². The van der Waals surface area contributed by atoms with Gasteiger partial charge in [0.1, 0.15) is 5.82 Å². The summed E-state index contributed by atoms with van der Waals surface area (Å²) in [6.45, 7) is 1.72. The largest absolute Gasteiger partial charge is 0.342 e. The highest BCUT2D eigenvalue weighted by atomic mass is 35.5. The molecular formula is C22H22ClN5O2. The van der Waals surface area contributed by atoms with Gasteiger partial charge in [0.2, 0.25) is 11.8 Å². The Hall–Kier alpha value is -2.93. The van der Waals surface area contributed by atoms with Gasteiger partial charge in [0.25, 0.3) is 0 Å². The third-order valence-electron chi connectivity index (χ3n) is 6.03. The van der Waals surface area contributed by atoms with E-state index in [9.17, 15) is 9.59 Å². The van der Waals surface area contributed by atoms with Crippen LogP contribution in [0.1, 0.15) is 31.0 Å². The predicted octanol–water partition coefficient (Wildman–Crippen LogP) is 3.14. The molecule has 2 atom stereocenters. The van der Waals surface area contributed by atoms with E-state index in [-0.39, 0.29) is 30.1 Å². The zero-order chi connectivity index (χ0) is 20.7. The molecule has 5 rings (SSSR count). The molecule has 0 aliphatic carbocycles. The molecule has 2 aliphatic heterocycles. The molecule has 3 aromatic rings. The molecule has 4 heterocycles. The molecule has 2 aliphatic rings. The Morgan fingerprint density at radius 3 is 2.87 bits per heavy atom. The second-order valence-electron chi connectivity index (χ2n) is 8.00. The van der Waals surface area contributed by atoms with Gasteiger partial charge in [0.15, 0.2) is 5.65 Å². The number of amides is 2. The van der Waals surface area contributed by atoms with Gasteiger partial charge < -0.3 is 9.80 Å². The van der Waals surface area contributed by atoms with Crippen LogP contribution in [0.5, 0.6) is 0 Å². The van der Waals surface area contributed by atoms with Crippen molar-refractivity contribution >= 4 is 34.7 Å². The minimum absolute atomic E-state index is 0.0346. The average Bonchev–Trinajstić information content (AvgIpc) is 3.37. The third-order valence-corrected chi connectivity index (χ3v) is 6.27. The molecule has 2 amide bonds. The maximum Gasteiger partial charge on any atom is 0.228 e. The predicted molar refractivity (Wildman–Crippen MR) is 113 cm³/mol. The Balaban J connectivity index is 1.31. The summed E-state index contributed by atoms with van der Waals surface area (Å²) in [6.07, 6.45) is 4.08. The molecule has 2 fully saturated rings. The average molecular weight is 424 g/mol. The van der Waals surface area contributed by atoms with Gasteiger partial charge in [-0.25, -0.2) is 0 Å². The second-order valence-corrected chi connectivity index (χ2v) is 8.43. The lowest BCUT2D eigenvalue weighted by atomic mass is 9.95. The van der Waals surface area contributed by atoms with Crippen molar-refractivity contribution in [3.8, 4) is 0 Å². The van der Waals surface area contributed by atoms with Crippen molar-refractivity contribution in [2.45, 2.75) is 25.2 Å². The number of rotatable bonds is 3. The number of anilines is 1. The zero-order valence-electron chi connectivity index (χ0n) is 16.4. The number of carbonyl (C=O) groups is 2. The van der Waals surface area contributed by atoms with E-state index >= 15 is 0 Å². The molecule has 0 unspecified atom stereocenters. The highest BCUT2D eigenvalue weighted by Crippen LogP contribution is 2.31. The smallest absolute Gasteiger partial charge is 0.228 e. The molecule has 0 spiro atoms. The number of carbonyl (C=O) groups excluding carboxylic acids is 2. The molecule has 8 heteroatoms. The second kappa shape index (κ2) is 7.72. The highest BCUT2D eigenvalue weighted by Gasteiger charge is 2.39. The number of halogens is 1. The normalized spacial score (nSPS) is 22.1. The van der Waals surface area contributed by atoms with Crippen molar-refractivity contribution < 1.29 is 9.59 Å². The summed E-state index contributed by atoms with van der Waals surface area (Å²) in [6, 6.07) is 13.0. The summed E-state index contributed by atoms with van der Waals surface area (Å²) in [5, 5.41) is 9.21. The SMILES string of the molecule is O=C([C@@H]1CC(=O)N(c2cccc(Cl)c2)C1)N1CCC[C@@H](c2nnc3ccccn23)C1. The summed E-state index contributed by atoms with van der Waals surface area (Å²) in [5.41, 5.74) is 1.56. The molecule has 0 N–H and O–H groups in total. The van der Waals surface area contributed by atoms with Crippen molar-refractivity contribution in [3.63, 3.8) is 0 Å². The first-order valence-electron chi connectivity index (χ1n) is 10.2. The van der Waals surface area contributed by atoms with Crippen molar-refractivity contribution in [2.24, 2.45) is 5.92 Å². The first-order valence-corrected chi connectivity index (χ1v) is 10.6. The van der Waals surface area contributed by atoms with Gasteiger partial charge in [0.05, 0.1) is 5.92 Å². The van der Waals surface area contributed by atoms with Crippen LogP contribution in [0.4, 0.5) is 5.69 Å². The number of fused-ring (bicyclic) bond motifs is 1. The van der Waals surface area contributed by atoms with Gasteiger partial charge in [-0.2, -0.15) is 0 Å². The van der Waals surface area contributed by atoms with Crippen LogP contribution in [0, 0.1) is 5.92 Å². The maximum absolute atomic E-state index is 13.2. The number of benzene rings is 1. The number of hydrogen-bond donors (Lipinski definition) is 0. The van der Waals surface area contributed by atoms with E-state index in [0.29, 0.717) is 24.7 Å². The standard InChI is InChI=1S/C22H22ClN5O2/c23-17-6-3-7-18(12-17)28-14-16(11-20(28)29)22(30)26-9-4-5-15(13-26)21-25-24-19-8-1-2-10-27(19)21/h1-3,6-8,10,12,15-16H,4-5,9,11,13-14H2/t15-,16-/m1/s1. The number of nitrogens with zero attached hydrogens (tertiary/aromatic N) is 5. The fraction of sp³-hybridized carbons (Fsp3) is 0.364. The fourth-order valence-electron chi connectivity index (χ4n) is 4.55. The Morgan fingerprint density at radius 2 is 2.00 bits per heavy atom. The molecule has 1 aromatic carbocycles. The Kier molecular flexibility index (Phi) is 4.90. The Labute approximate surface area is 179 Å². The third kappa shape index (κ3) is 3.43. The van der Waals surface area contributed by atoms with Crippen LogP contribution < -0.4 is 4.90 Å². The maximum atomic E-state index is 13.2. The monoisotopic (exact) mass is 423 g/mol. The fourth-order valence-corrected chi connectivity index (χ4v) is 4.74. The minimum atomic E-state index is -0.328. The first kappa shape index (κ1) is 19.1. The van der Waals surface area contributed by atoms with E-state index in [1.165, 1.54) is 0 Å². The number of piperidine rings is 1. The van der Waals surface area contributed by atoms with Crippen LogP contribution in [0.15, 0.2) is 48.7 Å². The van der Waals surface area contributed by atoms with E-state index in [1.54, 1.807) is 17.0 Å². The van der Waals surface area contributed by atoms with Gasteiger partial charge in [-0.15, -0.1) is 10.2 Å². The van der Waals surface area contributed by atoms with E-state index in [0.717, 1.165) is 30.0 Å². The molecular weight excluding hydrogens is 402 g/mol. The van der Waals surface area contributed by atoms with Gasteiger partial charge in [-0.05, 0) is 43.2 Å². The summed E-state index contributed by atoms with van der Waals surface area (Å²) < 4.78 is 2.00. The lowest BCUT2D eigenvalue weighted by molar-refractivity contribution is -0.137. The van der Waals surface area contributed by atoms with Crippen molar-refractivity contribution in [3.05, 3.63) is 59.5 Å². The molecule has 2 saturated heterocycles.